The number of carbonyl (C=O) groups is 1. The van der Waals surface area contributed by atoms with Crippen LogP contribution in [0.25, 0.3) is 0 Å². The van der Waals surface area contributed by atoms with Crippen molar-refractivity contribution < 1.29 is 22.9 Å². The zero-order valence-electron chi connectivity index (χ0n) is 15.2. The predicted octanol–water partition coefficient (Wildman–Crippen LogP) is 5.02. The molecule has 138 valence electrons. The van der Waals surface area contributed by atoms with Crippen LogP contribution in [0.5, 0.6) is 0 Å². The second kappa shape index (κ2) is 12.0. The summed E-state index contributed by atoms with van der Waals surface area (Å²) in [4.78, 5) is 12.1. The summed E-state index contributed by atoms with van der Waals surface area (Å²) < 4.78 is 28.4. The van der Waals surface area contributed by atoms with Crippen molar-refractivity contribution in [2.75, 3.05) is 13.2 Å². The molecule has 1 unspecified atom stereocenters. The third-order valence-corrected chi connectivity index (χ3v) is 4.94. The smallest absolute Gasteiger partial charge is 0.287 e. The molecule has 1 aromatic carbocycles. The fourth-order valence-electron chi connectivity index (χ4n) is 2.11. The first kappa shape index (κ1) is 21.6. The first-order chi connectivity index (χ1) is 12.0. The zero-order valence-corrected chi connectivity index (χ0v) is 16.1. The van der Waals surface area contributed by atoms with E-state index in [1.165, 1.54) is 0 Å². The lowest BCUT2D eigenvalue weighted by Crippen LogP contribution is -2.13. The molecule has 0 saturated heterocycles. The van der Waals surface area contributed by atoms with Gasteiger partial charge in [0, 0.05) is 5.56 Å². The van der Waals surface area contributed by atoms with Crippen LogP contribution in [0.2, 0.25) is 0 Å². The Morgan fingerprint density at radius 3 is 2.28 bits per heavy atom. The number of hydrogen-bond donors (Lipinski definition) is 0. The Labute approximate surface area is 150 Å². The molecule has 5 nitrogen and oxygen atoms in total. The monoisotopic (exact) mass is 366 g/mol. The fraction of sp³-hybridized carbons (Fsp3) is 0.526. The van der Waals surface area contributed by atoms with Crippen molar-refractivity contribution in [3.63, 3.8) is 0 Å². The summed E-state index contributed by atoms with van der Waals surface area (Å²) in [6, 6.07) is 8.80. The van der Waals surface area contributed by atoms with Crippen LogP contribution >= 0.6 is 7.82 Å². The Balaban J connectivity index is 2.87. The molecule has 1 aromatic rings. The number of benzene rings is 1. The molecule has 1 atom stereocenters. The molecule has 6 heteroatoms. The Kier molecular flexibility index (Phi) is 10.4. The second-order valence-electron chi connectivity index (χ2n) is 5.34. The van der Waals surface area contributed by atoms with Gasteiger partial charge in [-0.3, -0.25) is 18.4 Å². The highest BCUT2D eigenvalue weighted by molar-refractivity contribution is 7.48. The van der Waals surface area contributed by atoms with Crippen LogP contribution in [0.4, 0.5) is 0 Å². The maximum atomic E-state index is 12.6. The molecule has 0 radical (unpaired) electrons. The van der Waals surface area contributed by atoms with Crippen molar-refractivity contribution in [3.8, 4) is 11.8 Å². The lowest BCUT2D eigenvalue weighted by molar-refractivity contribution is 0.0986. The van der Waals surface area contributed by atoms with Crippen LogP contribution in [-0.2, 0) is 18.1 Å². The van der Waals surface area contributed by atoms with E-state index in [-0.39, 0.29) is 19.0 Å². The summed E-state index contributed by atoms with van der Waals surface area (Å²) in [6.45, 7) is 5.92. The van der Waals surface area contributed by atoms with Crippen molar-refractivity contribution >= 4 is 13.6 Å². The summed E-state index contributed by atoms with van der Waals surface area (Å²) in [5.41, 5.74) is 0.514. The van der Waals surface area contributed by atoms with E-state index in [0.717, 1.165) is 19.3 Å². The largest absolute Gasteiger partial charge is 0.475 e. The van der Waals surface area contributed by atoms with Gasteiger partial charge >= 0.3 is 7.82 Å². The number of Topliss-reactive ketones (excluding diaryl/α,β-unsaturated/α-hetero) is 1. The van der Waals surface area contributed by atoms with Crippen LogP contribution in [-0.4, -0.2) is 25.1 Å². The first-order valence-electron chi connectivity index (χ1n) is 8.73. The van der Waals surface area contributed by atoms with Gasteiger partial charge in [0.1, 0.15) is 6.10 Å². The zero-order chi connectivity index (χ0) is 18.5. The Morgan fingerprint density at radius 2 is 1.72 bits per heavy atom. The van der Waals surface area contributed by atoms with E-state index in [1.54, 1.807) is 38.1 Å². The quantitative estimate of drug-likeness (QED) is 0.181. The molecule has 25 heavy (non-hydrogen) atoms. The van der Waals surface area contributed by atoms with E-state index in [9.17, 15) is 9.36 Å². The molecule has 0 N–H and O–H groups in total. The van der Waals surface area contributed by atoms with Crippen LogP contribution in [0.15, 0.2) is 30.3 Å². The number of carbonyl (C=O) groups excluding carboxylic acids is 1. The number of phosphoric ester groups is 1. The molecule has 0 bridgehead atoms. The minimum absolute atomic E-state index is 0.204. The molecule has 0 saturated carbocycles. The summed E-state index contributed by atoms with van der Waals surface area (Å²) in [6.07, 6.45) is 2.78. The normalized spacial score (nSPS) is 12.3. The van der Waals surface area contributed by atoms with Crippen molar-refractivity contribution in [1.29, 1.82) is 0 Å². The highest BCUT2D eigenvalue weighted by Crippen LogP contribution is 2.50. The van der Waals surface area contributed by atoms with E-state index >= 15 is 0 Å². The molecule has 0 aliphatic heterocycles. The van der Waals surface area contributed by atoms with Gasteiger partial charge < -0.3 is 0 Å². The van der Waals surface area contributed by atoms with Gasteiger partial charge in [0.15, 0.2) is 0 Å². The van der Waals surface area contributed by atoms with E-state index in [4.69, 9.17) is 13.6 Å². The lowest BCUT2D eigenvalue weighted by atomic mass is 10.1. The van der Waals surface area contributed by atoms with Gasteiger partial charge in [0.25, 0.3) is 0 Å². The highest BCUT2D eigenvalue weighted by atomic mass is 31.2. The topological polar surface area (TPSA) is 61.8 Å². The summed E-state index contributed by atoms with van der Waals surface area (Å²) in [5.74, 6) is 5.08. The Hall–Kier alpha value is -1.44. The summed E-state index contributed by atoms with van der Waals surface area (Å²) in [5, 5.41) is 0. The number of hydrogen-bond acceptors (Lipinski definition) is 5. The fourth-order valence-corrected chi connectivity index (χ4v) is 3.41. The van der Waals surface area contributed by atoms with Gasteiger partial charge in [-0.05, 0) is 32.6 Å². The molecular formula is C19H27O5P. The van der Waals surface area contributed by atoms with Gasteiger partial charge in [-0.2, -0.15) is 0 Å². The van der Waals surface area contributed by atoms with Crippen molar-refractivity contribution in [3.05, 3.63) is 35.9 Å². The summed E-state index contributed by atoms with van der Waals surface area (Å²) in [7, 11) is -3.67. The molecule has 0 amide bonds. The van der Waals surface area contributed by atoms with Crippen LogP contribution in [0.1, 0.15) is 56.8 Å². The number of unbranched alkanes of at least 4 members (excludes halogenated alkanes) is 2. The maximum Gasteiger partial charge on any atom is 0.475 e. The molecule has 0 aromatic heterocycles. The SMILES string of the molecule is CCCCCC(C#CC(=O)c1ccccc1)OP(=O)(OCC)OCC. The molecule has 0 aliphatic carbocycles. The molecule has 0 spiro atoms. The molecule has 0 fully saturated rings. The molecule has 0 heterocycles. The first-order valence-corrected chi connectivity index (χ1v) is 10.2. The number of rotatable bonds is 11. The minimum atomic E-state index is -3.67. The van der Waals surface area contributed by atoms with Gasteiger partial charge in [-0.15, -0.1) is 0 Å². The third-order valence-electron chi connectivity index (χ3n) is 3.28. The molecular weight excluding hydrogens is 339 g/mol. The maximum absolute atomic E-state index is 12.6. The van der Waals surface area contributed by atoms with E-state index in [1.807, 2.05) is 6.07 Å². The van der Waals surface area contributed by atoms with Gasteiger partial charge in [0.2, 0.25) is 5.78 Å². The van der Waals surface area contributed by atoms with Gasteiger partial charge in [-0.1, -0.05) is 56.0 Å². The van der Waals surface area contributed by atoms with Crippen molar-refractivity contribution in [2.24, 2.45) is 0 Å². The van der Waals surface area contributed by atoms with Crippen LogP contribution in [0.3, 0.4) is 0 Å². The van der Waals surface area contributed by atoms with Crippen LogP contribution < -0.4 is 0 Å². The number of ketones is 1. The minimum Gasteiger partial charge on any atom is -0.287 e. The van der Waals surface area contributed by atoms with Crippen molar-refractivity contribution in [1.82, 2.24) is 0 Å². The van der Waals surface area contributed by atoms with E-state index in [2.05, 4.69) is 18.8 Å². The standard InChI is InChI=1S/C19H27O5P/c1-4-7-9-14-18(24-25(21,22-5-2)23-6-3)15-16-19(20)17-12-10-8-11-13-17/h8,10-13,18H,4-7,9,14H2,1-3H3. The Morgan fingerprint density at radius 1 is 1.08 bits per heavy atom. The predicted molar refractivity (Wildman–Crippen MR) is 98.4 cm³/mol. The summed E-state index contributed by atoms with van der Waals surface area (Å²) >= 11 is 0. The average Bonchev–Trinajstić information content (AvgIpc) is 2.60. The average molecular weight is 366 g/mol. The van der Waals surface area contributed by atoms with Crippen LogP contribution in [0, 0.1) is 11.8 Å². The number of phosphoric acid groups is 1. The van der Waals surface area contributed by atoms with E-state index < -0.39 is 13.9 Å². The van der Waals surface area contributed by atoms with Gasteiger partial charge in [-0.25, -0.2) is 4.57 Å². The van der Waals surface area contributed by atoms with Crippen molar-refractivity contribution in [2.45, 2.75) is 52.6 Å². The molecule has 0 aliphatic rings. The highest BCUT2D eigenvalue weighted by Gasteiger charge is 2.29. The Bertz CT molecular complexity index is 608. The third kappa shape index (κ3) is 8.47. The molecule has 1 rings (SSSR count). The van der Waals surface area contributed by atoms with Gasteiger partial charge in [0.05, 0.1) is 13.2 Å². The lowest BCUT2D eigenvalue weighted by Gasteiger charge is -2.20. The second-order valence-corrected chi connectivity index (χ2v) is 6.96. The van der Waals surface area contributed by atoms with E-state index in [0.29, 0.717) is 12.0 Å².